The van der Waals surface area contributed by atoms with Crippen molar-refractivity contribution in [3.05, 3.63) is 29.3 Å². The Balaban J connectivity index is 2.10. The number of Topliss-reactive ketones (excluding diaryl/α,β-unsaturated/α-hetero) is 1. The summed E-state index contributed by atoms with van der Waals surface area (Å²) in [5.41, 5.74) is 1.65. The van der Waals surface area contributed by atoms with Gasteiger partial charge >= 0.3 is 6.09 Å². The molecule has 0 unspecified atom stereocenters. The van der Waals surface area contributed by atoms with E-state index in [0.717, 1.165) is 5.56 Å². The first-order valence-electron chi connectivity index (χ1n) is 7.41. The topological polar surface area (TPSA) is 96.0 Å². The molecule has 0 bridgehead atoms. The maximum Gasteiger partial charge on any atom is 0.436 e. The van der Waals surface area contributed by atoms with Crippen LogP contribution < -0.4 is 5.32 Å². The molecule has 3 amide bonds. The van der Waals surface area contributed by atoms with Crippen LogP contribution in [0.3, 0.4) is 0 Å². The summed E-state index contributed by atoms with van der Waals surface area (Å²) in [6.07, 6.45) is -0.909. The minimum absolute atomic E-state index is 0.0276. The summed E-state index contributed by atoms with van der Waals surface area (Å²) in [5, 5.41) is 2.87. The standard InChI is InChI=1S/C16H19N3O5/c1-10(20)13-8-12(5-4-11(13)9-18(2)3)17-16(23)24-19-14(21)6-7-15(19)22/h4-5,8H,6-7,9H2,1-3H3,(H,17,23). The van der Waals surface area contributed by atoms with Gasteiger partial charge in [0.25, 0.3) is 11.8 Å². The van der Waals surface area contributed by atoms with Gasteiger partial charge in [-0.25, -0.2) is 4.79 Å². The van der Waals surface area contributed by atoms with Crippen molar-refractivity contribution >= 4 is 29.4 Å². The molecule has 0 aliphatic carbocycles. The van der Waals surface area contributed by atoms with Gasteiger partial charge in [-0.1, -0.05) is 6.07 Å². The summed E-state index contributed by atoms with van der Waals surface area (Å²) in [6, 6.07) is 4.90. The van der Waals surface area contributed by atoms with Crippen LogP contribution in [0, 0.1) is 0 Å². The highest BCUT2D eigenvalue weighted by molar-refractivity contribution is 6.02. The summed E-state index contributed by atoms with van der Waals surface area (Å²) in [7, 11) is 3.77. The van der Waals surface area contributed by atoms with Crippen molar-refractivity contribution < 1.29 is 24.0 Å². The minimum atomic E-state index is -0.964. The molecule has 1 saturated heterocycles. The molecule has 0 saturated carbocycles. The van der Waals surface area contributed by atoms with Crippen LogP contribution in [0.1, 0.15) is 35.7 Å². The van der Waals surface area contributed by atoms with E-state index in [1.807, 2.05) is 19.0 Å². The molecule has 24 heavy (non-hydrogen) atoms. The molecular weight excluding hydrogens is 314 g/mol. The summed E-state index contributed by atoms with van der Waals surface area (Å²) in [4.78, 5) is 53.1. The molecule has 0 aromatic heterocycles. The molecule has 1 aliphatic heterocycles. The Morgan fingerprint density at radius 1 is 1.21 bits per heavy atom. The zero-order valence-corrected chi connectivity index (χ0v) is 13.8. The minimum Gasteiger partial charge on any atom is -0.311 e. The number of hydroxylamine groups is 2. The highest BCUT2D eigenvalue weighted by atomic mass is 16.7. The van der Waals surface area contributed by atoms with E-state index in [4.69, 9.17) is 4.84 Å². The van der Waals surface area contributed by atoms with Crippen LogP contribution in [-0.4, -0.2) is 47.7 Å². The third-order valence-electron chi connectivity index (χ3n) is 3.40. The second-order valence-electron chi connectivity index (χ2n) is 5.75. The molecule has 1 aliphatic rings. The lowest BCUT2D eigenvalue weighted by Crippen LogP contribution is -2.33. The van der Waals surface area contributed by atoms with E-state index in [1.54, 1.807) is 12.1 Å². The van der Waals surface area contributed by atoms with Gasteiger partial charge in [-0.05, 0) is 38.7 Å². The molecule has 8 nitrogen and oxygen atoms in total. The van der Waals surface area contributed by atoms with Crippen LogP contribution >= 0.6 is 0 Å². The van der Waals surface area contributed by atoms with E-state index in [1.165, 1.54) is 13.0 Å². The summed E-state index contributed by atoms with van der Waals surface area (Å²) < 4.78 is 0. The second-order valence-corrected chi connectivity index (χ2v) is 5.75. The largest absolute Gasteiger partial charge is 0.436 e. The number of hydrogen-bond donors (Lipinski definition) is 1. The third kappa shape index (κ3) is 4.17. The van der Waals surface area contributed by atoms with Gasteiger partial charge in [0.15, 0.2) is 5.78 Å². The summed E-state index contributed by atoms with van der Waals surface area (Å²) >= 11 is 0. The average Bonchev–Trinajstić information content (AvgIpc) is 2.80. The van der Waals surface area contributed by atoms with Crippen molar-refractivity contribution in [3.8, 4) is 0 Å². The van der Waals surface area contributed by atoms with E-state index >= 15 is 0 Å². The number of nitrogens with zero attached hydrogens (tertiary/aromatic N) is 2. The highest BCUT2D eigenvalue weighted by Crippen LogP contribution is 2.19. The Kier molecular flexibility index (Phi) is 5.30. The van der Waals surface area contributed by atoms with Crippen molar-refractivity contribution in [1.82, 2.24) is 9.96 Å². The average molecular weight is 333 g/mol. The molecule has 1 aromatic rings. The number of imide groups is 1. The van der Waals surface area contributed by atoms with Gasteiger partial charge in [-0.15, -0.1) is 5.06 Å². The van der Waals surface area contributed by atoms with E-state index in [-0.39, 0.29) is 18.6 Å². The zero-order chi connectivity index (χ0) is 17.9. The lowest BCUT2D eigenvalue weighted by molar-refractivity contribution is -0.170. The lowest BCUT2D eigenvalue weighted by Gasteiger charge is -2.16. The molecule has 1 fully saturated rings. The number of carbonyl (C=O) groups excluding carboxylic acids is 4. The van der Waals surface area contributed by atoms with Crippen LogP contribution in [-0.2, 0) is 21.0 Å². The maximum absolute atomic E-state index is 11.8. The van der Waals surface area contributed by atoms with E-state index in [2.05, 4.69) is 5.32 Å². The smallest absolute Gasteiger partial charge is 0.311 e. The van der Waals surface area contributed by atoms with Crippen LogP contribution in [0.4, 0.5) is 10.5 Å². The van der Waals surface area contributed by atoms with Gasteiger partial charge in [0.1, 0.15) is 0 Å². The van der Waals surface area contributed by atoms with Crippen LogP contribution in [0.5, 0.6) is 0 Å². The van der Waals surface area contributed by atoms with Crippen molar-refractivity contribution in [2.24, 2.45) is 0 Å². The first-order valence-corrected chi connectivity index (χ1v) is 7.41. The van der Waals surface area contributed by atoms with E-state index in [9.17, 15) is 19.2 Å². The van der Waals surface area contributed by atoms with Crippen LogP contribution in [0.2, 0.25) is 0 Å². The van der Waals surface area contributed by atoms with Gasteiger partial charge in [-0.3, -0.25) is 19.7 Å². The molecule has 8 heteroatoms. The van der Waals surface area contributed by atoms with Gasteiger partial charge in [0, 0.05) is 30.6 Å². The molecular formula is C16H19N3O5. The number of ketones is 1. The monoisotopic (exact) mass is 333 g/mol. The van der Waals surface area contributed by atoms with Crippen molar-refractivity contribution in [3.63, 3.8) is 0 Å². The first-order chi connectivity index (χ1) is 11.3. The number of rotatable bonds is 5. The van der Waals surface area contributed by atoms with Crippen molar-refractivity contribution in [2.75, 3.05) is 19.4 Å². The maximum atomic E-state index is 11.8. The molecule has 1 N–H and O–H groups in total. The zero-order valence-electron chi connectivity index (χ0n) is 13.8. The predicted octanol–water partition coefficient (Wildman–Crippen LogP) is 1.56. The molecule has 1 aromatic carbocycles. The number of carbonyl (C=O) groups is 4. The van der Waals surface area contributed by atoms with Crippen molar-refractivity contribution in [1.29, 1.82) is 0 Å². The summed E-state index contributed by atoms with van der Waals surface area (Å²) in [6.45, 7) is 2.02. The third-order valence-corrected chi connectivity index (χ3v) is 3.40. The number of amides is 3. The summed E-state index contributed by atoms with van der Waals surface area (Å²) in [5.74, 6) is -1.24. The van der Waals surface area contributed by atoms with Crippen molar-refractivity contribution in [2.45, 2.75) is 26.3 Å². The van der Waals surface area contributed by atoms with E-state index < -0.39 is 17.9 Å². The molecule has 2 rings (SSSR count). The van der Waals surface area contributed by atoms with Gasteiger partial charge in [0.05, 0.1) is 0 Å². The lowest BCUT2D eigenvalue weighted by atomic mass is 10.0. The molecule has 1 heterocycles. The Bertz CT molecular complexity index is 683. The quantitative estimate of drug-likeness (QED) is 0.649. The fourth-order valence-electron chi connectivity index (χ4n) is 2.34. The fourth-order valence-corrected chi connectivity index (χ4v) is 2.34. The highest BCUT2D eigenvalue weighted by Gasteiger charge is 2.32. The van der Waals surface area contributed by atoms with Gasteiger partial charge in [-0.2, -0.15) is 0 Å². The second kappa shape index (κ2) is 7.22. The van der Waals surface area contributed by atoms with Gasteiger partial charge in [0.2, 0.25) is 0 Å². The molecule has 128 valence electrons. The molecule has 0 atom stereocenters. The normalized spacial score (nSPS) is 14.2. The molecule has 0 spiro atoms. The molecule has 0 radical (unpaired) electrons. The number of nitrogens with one attached hydrogen (secondary N) is 1. The number of hydrogen-bond acceptors (Lipinski definition) is 6. The van der Waals surface area contributed by atoms with Crippen LogP contribution in [0.15, 0.2) is 18.2 Å². The Morgan fingerprint density at radius 3 is 2.38 bits per heavy atom. The van der Waals surface area contributed by atoms with E-state index in [0.29, 0.717) is 22.9 Å². The first kappa shape index (κ1) is 17.6. The Hall–Kier alpha value is -2.74. The van der Waals surface area contributed by atoms with Crippen LogP contribution in [0.25, 0.3) is 0 Å². The fraction of sp³-hybridized carbons (Fsp3) is 0.375. The Morgan fingerprint density at radius 2 is 1.83 bits per heavy atom. The predicted molar refractivity (Wildman–Crippen MR) is 85.0 cm³/mol. The van der Waals surface area contributed by atoms with Gasteiger partial charge < -0.3 is 9.74 Å². The Labute approximate surface area is 139 Å². The number of anilines is 1. The number of benzene rings is 1. The SMILES string of the molecule is CC(=O)c1cc(NC(=O)ON2C(=O)CCC2=O)ccc1CN(C)C.